The Morgan fingerprint density at radius 3 is 2.71 bits per heavy atom. The van der Waals surface area contributed by atoms with Gasteiger partial charge >= 0.3 is 0 Å². The molecule has 28 heavy (non-hydrogen) atoms. The summed E-state index contributed by atoms with van der Waals surface area (Å²) in [7, 11) is 0. The first kappa shape index (κ1) is 18.6. The van der Waals surface area contributed by atoms with Gasteiger partial charge in [-0.25, -0.2) is 0 Å². The van der Waals surface area contributed by atoms with Gasteiger partial charge in [-0.05, 0) is 49.1 Å². The van der Waals surface area contributed by atoms with Crippen LogP contribution in [-0.4, -0.2) is 52.9 Å². The third-order valence-corrected chi connectivity index (χ3v) is 5.92. The molecule has 0 unspecified atom stereocenters. The molecular weight excluding hydrogens is 348 g/mol. The molecule has 1 saturated heterocycles. The first-order valence-corrected chi connectivity index (χ1v) is 10.2. The van der Waals surface area contributed by atoms with E-state index in [2.05, 4.69) is 16.0 Å². The van der Waals surface area contributed by atoms with Crippen LogP contribution in [0.25, 0.3) is 0 Å². The molecule has 5 nitrogen and oxygen atoms in total. The van der Waals surface area contributed by atoms with E-state index in [9.17, 15) is 4.79 Å². The summed E-state index contributed by atoms with van der Waals surface area (Å²) in [5.41, 5.74) is 3.26. The van der Waals surface area contributed by atoms with Gasteiger partial charge in [0.15, 0.2) is 0 Å². The van der Waals surface area contributed by atoms with Crippen LogP contribution in [0.15, 0.2) is 42.6 Å². The molecule has 1 saturated carbocycles. The van der Waals surface area contributed by atoms with E-state index >= 15 is 0 Å². The van der Waals surface area contributed by atoms with Gasteiger partial charge < -0.3 is 4.90 Å². The van der Waals surface area contributed by atoms with Gasteiger partial charge in [-0.3, -0.25) is 14.7 Å². The molecule has 0 atom stereocenters. The Balaban J connectivity index is 1.37. The Morgan fingerprint density at radius 1 is 1.11 bits per heavy atom. The van der Waals surface area contributed by atoms with Crippen molar-refractivity contribution in [3.8, 4) is 6.07 Å². The molecule has 4 rings (SSSR count). The Kier molecular flexibility index (Phi) is 5.68. The molecule has 1 aliphatic heterocycles. The summed E-state index contributed by atoms with van der Waals surface area (Å²) in [5.74, 6) is 0.0842. The zero-order chi connectivity index (χ0) is 19.3. The first-order chi connectivity index (χ1) is 13.7. The topological polar surface area (TPSA) is 60.2 Å². The molecule has 1 aromatic carbocycles. The number of aromatic nitrogens is 1. The van der Waals surface area contributed by atoms with Crippen LogP contribution < -0.4 is 0 Å². The lowest BCUT2D eigenvalue weighted by Gasteiger charge is -2.36. The van der Waals surface area contributed by atoms with Crippen molar-refractivity contribution in [2.24, 2.45) is 0 Å². The predicted octanol–water partition coefficient (Wildman–Crippen LogP) is 3.24. The minimum absolute atomic E-state index is 0.0842. The zero-order valence-electron chi connectivity index (χ0n) is 16.2. The van der Waals surface area contributed by atoms with Crippen LogP contribution in [0.2, 0.25) is 0 Å². The van der Waals surface area contributed by atoms with Gasteiger partial charge in [0.25, 0.3) is 5.91 Å². The SMILES string of the molecule is N#Cc1cccc(Cc2ccc(C(=O)N3CCCN(C4CCC4)CC3)cn2)c1. The number of amides is 1. The molecule has 2 fully saturated rings. The van der Waals surface area contributed by atoms with E-state index in [1.807, 2.05) is 35.2 Å². The third-order valence-electron chi connectivity index (χ3n) is 5.92. The van der Waals surface area contributed by atoms with Gasteiger partial charge in [0.05, 0.1) is 17.2 Å². The fourth-order valence-electron chi connectivity index (χ4n) is 4.06. The third kappa shape index (κ3) is 4.23. The number of nitrogens with zero attached hydrogens (tertiary/aromatic N) is 4. The van der Waals surface area contributed by atoms with Crippen molar-refractivity contribution in [2.45, 2.75) is 38.1 Å². The van der Waals surface area contributed by atoms with E-state index < -0.39 is 0 Å². The Labute approximate surface area is 166 Å². The number of hydrogen-bond donors (Lipinski definition) is 0. The second-order valence-electron chi connectivity index (χ2n) is 7.79. The van der Waals surface area contributed by atoms with Crippen LogP contribution in [0.1, 0.15) is 52.9 Å². The van der Waals surface area contributed by atoms with E-state index in [0.29, 0.717) is 17.5 Å². The van der Waals surface area contributed by atoms with Crippen molar-refractivity contribution < 1.29 is 4.79 Å². The Morgan fingerprint density at radius 2 is 2.00 bits per heavy atom. The van der Waals surface area contributed by atoms with Crippen LogP contribution in [-0.2, 0) is 6.42 Å². The van der Waals surface area contributed by atoms with Crippen LogP contribution >= 0.6 is 0 Å². The fourth-order valence-corrected chi connectivity index (χ4v) is 4.06. The van der Waals surface area contributed by atoms with Gasteiger partial charge in [0.1, 0.15) is 0 Å². The van der Waals surface area contributed by atoms with Gasteiger partial charge in [0, 0.05) is 50.5 Å². The lowest BCUT2D eigenvalue weighted by atomic mass is 9.91. The summed E-state index contributed by atoms with van der Waals surface area (Å²) in [6, 6.07) is 14.3. The minimum atomic E-state index is 0.0842. The summed E-state index contributed by atoms with van der Waals surface area (Å²) in [5, 5.41) is 9.02. The maximum Gasteiger partial charge on any atom is 0.255 e. The number of hydrogen-bond acceptors (Lipinski definition) is 4. The van der Waals surface area contributed by atoms with Gasteiger partial charge in [0.2, 0.25) is 0 Å². The van der Waals surface area contributed by atoms with Crippen molar-refractivity contribution >= 4 is 5.91 Å². The van der Waals surface area contributed by atoms with E-state index in [4.69, 9.17) is 5.26 Å². The second-order valence-corrected chi connectivity index (χ2v) is 7.79. The normalized spacial score (nSPS) is 18.2. The predicted molar refractivity (Wildman–Crippen MR) is 108 cm³/mol. The lowest BCUT2D eigenvalue weighted by molar-refractivity contribution is 0.0749. The monoisotopic (exact) mass is 374 g/mol. The Hall–Kier alpha value is -2.71. The number of nitriles is 1. The van der Waals surface area contributed by atoms with Crippen molar-refractivity contribution in [2.75, 3.05) is 26.2 Å². The highest BCUT2D eigenvalue weighted by Gasteiger charge is 2.28. The highest BCUT2D eigenvalue weighted by Crippen LogP contribution is 2.25. The van der Waals surface area contributed by atoms with E-state index in [1.165, 1.54) is 19.3 Å². The van der Waals surface area contributed by atoms with Gasteiger partial charge in [-0.15, -0.1) is 0 Å². The number of carbonyl (C=O) groups excluding carboxylic acids is 1. The molecule has 0 bridgehead atoms. The maximum absolute atomic E-state index is 12.9. The molecule has 1 aromatic heterocycles. The largest absolute Gasteiger partial charge is 0.337 e. The quantitative estimate of drug-likeness (QED) is 0.824. The molecule has 0 spiro atoms. The number of rotatable bonds is 4. The van der Waals surface area contributed by atoms with Crippen LogP contribution in [0.5, 0.6) is 0 Å². The molecule has 0 N–H and O–H groups in total. The van der Waals surface area contributed by atoms with E-state index in [-0.39, 0.29) is 5.91 Å². The zero-order valence-corrected chi connectivity index (χ0v) is 16.2. The summed E-state index contributed by atoms with van der Waals surface area (Å²) in [6.45, 7) is 3.72. The lowest BCUT2D eigenvalue weighted by Crippen LogP contribution is -2.42. The average Bonchev–Trinajstić information content (AvgIpc) is 2.93. The van der Waals surface area contributed by atoms with Gasteiger partial charge in [-0.1, -0.05) is 18.6 Å². The van der Waals surface area contributed by atoms with Crippen molar-refractivity contribution in [1.82, 2.24) is 14.8 Å². The van der Waals surface area contributed by atoms with Crippen LogP contribution in [0, 0.1) is 11.3 Å². The average molecular weight is 374 g/mol. The standard InChI is InChI=1S/C23H26N4O/c24-16-19-5-1-4-18(14-19)15-21-9-8-20(17-25-21)23(28)27-11-3-10-26(12-13-27)22-6-2-7-22/h1,4-5,8-9,14,17,22H,2-3,6-7,10-13,15H2. The maximum atomic E-state index is 12.9. The summed E-state index contributed by atoms with van der Waals surface area (Å²) < 4.78 is 0. The number of carbonyl (C=O) groups is 1. The smallest absolute Gasteiger partial charge is 0.255 e. The summed E-state index contributed by atoms with van der Waals surface area (Å²) in [4.78, 5) is 21.9. The van der Waals surface area contributed by atoms with E-state index in [0.717, 1.165) is 49.9 Å². The molecule has 2 aliphatic rings. The highest BCUT2D eigenvalue weighted by molar-refractivity contribution is 5.93. The minimum Gasteiger partial charge on any atom is -0.337 e. The van der Waals surface area contributed by atoms with Crippen LogP contribution in [0.3, 0.4) is 0 Å². The molecule has 1 aliphatic carbocycles. The summed E-state index contributed by atoms with van der Waals surface area (Å²) >= 11 is 0. The first-order valence-electron chi connectivity index (χ1n) is 10.2. The van der Waals surface area contributed by atoms with Crippen molar-refractivity contribution in [3.05, 3.63) is 65.0 Å². The molecule has 5 heteroatoms. The highest BCUT2D eigenvalue weighted by atomic mass is 16.2. The molecular formula is C23H26N4O. The molecule has 2 heterocycles. The number of benzene rings is 1. The van der Waals surface area contributed by atoms with Gasteiger partial charge in [-0.2, -0.15) is 5.26 Å². The fraction of sp³-hybridized carbons (Fsp3) is 0.435. The second kappa shape index (κ2) is 8.53. The Bertz CT molecular complexity index is 867. The molecule has 2 aromatic rings. The van der Waals surface area contributed by atoms with Crippen molar-refractivity contribution in [3.63, 3.8) is 0 Å². The van der Waals surface area contributed by atoms with Crippen LogP contribution in [0.4, 0.5) is 0 Å². The van der Waals surface area contributed by atoms with E-state index in [1.54, 1.807) is 12.3 Å². The van der Waals surface area contributed by atoms with Crippen molar-refractivity contribution in [1.29, 1.82) is 5.26 Å². The molecule has 144 valence electrons. The number of pyridine rings is 1. The molecule has 1 amide bonds. The molecule has 0 radical (unpaired) electrons. The summed E-state index contributed by atoms with van der Waals surface area (Å²) in [6.07, 6.45) is 7.38.